The van der Waals surface area contributed by atoms with Crippen LogP contribution in [0.3, 0.4) is 0 Å². The highest BCUT2D eigenvalue weighted by molar-refractivity contribution is 5.94. The van der Waals surface area contributed by atoms with Gasteiger partial charge in [-0.1, -0.05) is 18.7 Å². The summed E-state index contributed by atoms with van der Waals surface area (Å²) in [5, 5.41) is 24.1. The lowest BCUT2D eigenvalue weighted by Crippen LogP contribution is -2.43. The van der Waals surface area contributed by atoms with Gasteiger partial charge in [0.15, 0.2) is 5.75 Å². The monoisotopic (exact) mass is 428 g/mol. The summed E-state index contributed by atoms with van der Waals surface area (Å²) in [6.45, 7) is 4.97. The molecule has 1 unspecified atom stereocenters. The van der Waals surface area contributed by atoms with Crippen molar-refractivity contribution >= 4 is 17.5 Å². The molecule has 1 aliphatic heterocycles. The van der Waals surface area contributed by atoms with Crippen LogP contribution in [0.25, 0.3) is 0 Å². The summed E-state index contributed by atoms with van der Waals surface area (Å²) in [5.41, 5.74) is -1.25. The van der Waals surface area contributed by atoms with E-state index in [2.05, 4.69) is 11.9 Å². The number of carbonyl (C=O) groups excluding carboxylic acids is 1. The molecule has 0 radical (unpaired) electrons. The molecule has 2 N–H and O–H groups in total. The number of carbonyl (C=O) groups is 1. The minimum atomic E-state index is -1.08. The van der Waals surface area contributed by atoms with Crippen molar-refractivity contribution in [1.82, 2.24) is 9.13 Å². The molecule has 1 aromatic carbocycles. The number of hydrogen-bond acceptors (Lipinski definition) is 8. The lowest BCUT2D eigenvalue weighted by atomic mass is 9.82. The Labute approximate surface area is 175 Å². The van der Waals surface area contributed by atoms with Crippen molar-refractivity contribution in [2.75, 3.05) is 11.9 Å². The third-order valence-corrected chi connectivity index (χ3v) is 5.07. The highest BCUT2D eigenvalue weighted by Crippen LogP contribution is 2.42. The van der Waals surface area contributed by atoms with Crippen molar-refractivity contribution < 1.29 is 19.6 Å². The summed E-state index contributed by atoms with van der Waals surface area (Å²) in [6, 6.07) is 3.58. The molecule has 2 aromatic rings. The van der Waals surface area contributed by atoms with Crippen molar-refractivity contribution in [1.29, 1.82) is 0 Å². The number of nitrogens with one attached hydrogen (secondary N) is 1. The van der Waals surface area contributed by atoms with E-state index >= 15 is 0 Å². The molecule has 0 saturated carbocycles. The van der Waals surface area contributed by atoms with Gasteiger partial charge < -0.3 is 15.2 Å². The van der Waals surface area contributed by atoms with Crippen LogP contribution in [-0.2, 0) is 23.6 Å². The highest BCUT2D eigenvalue weighted by atomic mass is 16.6. The average molecular weight is 428 g/mol. The van der Waals surface area contributed by atoms with Crippen molar-refractivity contribution in [3.63, 3.8) is 0 Å². The second kappa shape index (κ2) is 7.94. The van der Waals surface area contributed by atoms with Crippen molar-refractivity contribution in [2.24, 2.45) is 14.1 Å². The largest absolute Gasteiger partial charge is 0.502 e. The number of allylic oxidation sites excluding steroid dienone is 1. The number of nitro benzene ring substituents is 1. The first-order chi connectivity index (χ1) is 14.6. The van der Waals surface area contributed by atoms with Gasteiger partial charge in [0.1, 0.15) is 12.4 Å². The standard InChI is InChI=1S/C20H20N4O7/c1-5-8-31-19(27)14-10(2)21-17-16(18(26)23(4)20(28)22(17)3)15(14)11-6-7-13(25)12(9-11)24(29)30/h5-7,9,15,21,25H,1,8H2,2-4H3. The predicted molar refractivity (Wildman–Crippen MR) is 111 cm³/mol. The molecule has 0 amide bonds. The Morgan fingerprint density at radius 1 is 1.35 bits per heavy atom. The number of hydrogen-bond donors (Lipinski definition) is 2. The van der Waals surface area contributed by atoms with Crippen LogP contribution in [0.1, 0.15) is 24.0 Å². The van der Waals surface area contributed by atoms with Gasteiger partial charge >= 0.3 is 17.3 Å². The fraction of sp³-hybridized carbons (Fsp3) is 0.250. The molecule has 1 aliphatic rings. The van der Waals surface area contributed by atoms with E-state index in [1.54, 1.807) is 6.92 Å². The first-order valence-electron chi connectivity index (χ1n) is 9.13. The van der Waals surface area contributed by atoms with Gasteiger partial charge in [0.05, 0.1) is 22.0 Å². The molecule has 0 fully saturated rings. The molecule has 3 rings (SSSR count). The Balaban J connectivity index is 2.39. The fourth-order valence-corrected chi connectivity index (χ4v) is 3.57. The summed E-state index contributed by atoms with van der Waals surface area (Å²) in [4.78, 5) is 48.9. The topological polar surface area (TPSA) is 146 Å². The van der Waals surface area contributed by atoms with E-state index in [1.165, 1.54) is 30.8 Å². The number of anilines is 1. The van der Waals surface area contributed by atoms with E-state index in [0.29, 0.717) is 5.70 Å². The first kappa shape index (κ1) is 21.6. The molecule has 1 atom stereocenters. The van der Waals surface area contributed by atoms with Gasteiger partial charge in [0.25, 0.3) is 5.56 Å². The number of aromatic nitrogens is 2. The third-order valence-electron chi connectivity index (χ3n) is 5.07. The minimum absolute atomic E-state index is 0.0424. The first-order valence-corrected chi connectivity index (χ1v) is 9.13. The van der Waals surface area contributed by atoms with Gasteiger partial charge in [0, 0.05) is 25.9 Å². The fourth-order valence-electron chi connectivity index (χ4n) is 3.57. The summed E-state index contributed by atoms with van der Waals surface area (Å²) < 4.78 is 7.28. The SMILES string of the molecule is C=CCOC(=O)C1=C(C)Nc2c(c(=O)n(C)c(=O)n2C)C1c1ccc(O)c([N+](=O)[O-])c1. The summed E-state index contributed by atoms with van der Waals surface area (Å²) in [6.07, 6.45) is 1.38. The number of phenolic OH excluding ortho intramolecular Hbond substituents is 1. The van der Waals surface area contributed by atoms with Crippen LogP contribution in [0.4, 0.5) is 11.5 Å². The maximum Gasteiger partial charge on any atom is 0.337 e. The molecule has 0 bridgehead atoms. The third kappa shape index (κ3) is 3.50. The van der Waals surface area contributed by atoms with Gasteiger partial charge in [-0.25, -0.2) is 9.59 Å². The van der Waals surface area contributed by atoms with Crippen LogP contribution in [-0.4, -0.2) is 31.7 Å². The highest BCUT2D eigenvalue weighted by Gasteiger charge is 2.38. The van der Waals surface area contributed by atoms with Crippen LogP contribution in [0.2, 0.25) is 0 Å². The van der Waals surface area contributed by atoms with E-state index in [-0.39, 0.29) is 29.1 Å². The zero-order chi connectivity index (χ0) is 23.0. The van der Waals surface area contributed by atoms with Crippen LogP contribution in [0, 0.1) is 10.1 Å². The summed E-state index contributed by atoms with van der Waals surface area (Å²) in [5.74, 6) is -2.25. The van der Waals surface area contributed by atoms with Crippen LogP contribution in [0.5, 0.6) is 5.75 Å². The maximum absolute atomic E-state index is 13.1. The number of rotatable bonds is 5. The zero-order valence-corrected chi connectivity index (χ0v) is 17.0. The summed E-state index contributed by atoms with van der Waals surface area (Å²) >= 11 is 0. The van der Waals surface area contributed by atoms with Gasteiger partial charge in [-0.15, -0.1) is 0 Å². The Kier molecular flexibility index (Phi) is 5.52. The van der Waals surface area contributed by atoms with Crippen molar-refractivity contribution in [3.05, 3.63) is 84.2 Å². The normalized spacial score (nSPS) is 15.1. The van der Waals surface area contributed by atoms with E-state index in [1.807, 2.05) is 0 Å². The molecule has 11 nitrogen and oxygen atoms in total. The predicted octanol–water partition coefficient (Wildman–Crippen LogP) is 1.26. The molecular weight excluding hydrogens is 408 g/mol. The number of aromatic hydroxyl groups is 1. The Hall–Kier alpha value is -4.15. The molecule has 11 heteroatoms. The van der Waals surface area contributed by atoms with E-state index in [4.69, 9.17) is 4.74 Å². The molecular formula is C20H20N4O7. The van der Waals surface area contributed by atoms with Gasteiger partial charge in [-0.2, -0.15) is 0 Å². The Morgan fingerprint density at radius 3 is 2.65 bits per heavy atom. The minimum Gasteiger partial charge on any atom is -0.502 e. The molecule has 2 heterocycles. The number of ether oxygens (including phenoxy) is 1. The van der Waals surface area contributed by atoms with Crippen molar-refractivity contribution in [3.8, 4) is 5.75 Å². The Bertz CT molecular complexity index is 1270. The number of benzene rings is 1. The number of esters is 1. The lowest BCUT2D eigenvalue weighted by molar-refractivity contribution is -0.385. The van der Waals surface area contributed by atoms with E-state index < -0.39 is 39.5 Å². The molecule has 0 aliphatic carbocycles. The number of fused-ring (bicyclic) bond motifs is 1. The molecule has 1 aromatic heterocycles. The quantitative estimate of drug-likeness (QED) is 0.313. The number of phenols is 1. The smallest absolute Gasteiger partial charge is 0.337 e. The Morgan fingerprint density at radius 2 is 2.03 bits per heavy atom. The van der Waals surface area contributed by atoms with Gasteiger partial charge in [-0.05, 0) is 18.6 Å². The molecule has 31 heavy (non-hydrogen) atoms. The van der Waals surface area contributed by atoms with E-state index in [9.17, 15) is 29.6 Å². The average Bonchev–Trinajstić information content (AvgIpc) is 2.73. The molecule has 0 saturated heterocycles. The second-order valence-electron chi connectivity index (χ2n) is 6.96. The van der Waals surface area contributed by atoms with Crippen molar-refractivity contribution in [2.45, 2.75) is 12.8 Å². The van der Waals surface area contributed by atoms with E-state index in [0.717, 1.165) is 16.7 Å². The van der Waals surface area contributed by atoms with Crippen LogP contribution in [0.15, 0.2) is 51.7 Å². The van der Waals surface area contributed by atoms with Crippen LogP contribution >= 0.6 is 0 Å². The summed E-state index contributed by atoms with van der Waals surface area (Å²) in [7, 11) is 2.75. The van der Waals surface area contributed by atoms with Gasteiger partial charge in [-0.3, -0.25) is 24.0 Å². The van der Waals surface area contributed by atoms with Crippen LogP contribution < -0.4 is 16.6 Å². The zero-order valence-electron chi connectivity index (χ0n) is 17.0. The maximum atomic E-state index is 13.1. The number of nitrogens with zero attached hydrogens (tertiary/aromatic N) is 3. The van der Waals surface area contributed by atoms with Gasteiger partial charge in [0.2, 0.25) is 0 Å². The second-order valence-corrected chi connectivity index (χ2v) is 6.96. The number of nitro groups is 1. The lowest BCUT2D eigenvalue weighted by Gasteiger charge is -2.30. The molecule has 0 spiro atoms. The molecule has 162 valence electrons.